The van der Waals surface area contributed by atoms with Gasteiger partial charge in [-0.15, -0.1) is 0 Å². The molecule has 2 N–H and O–H groups in total. The van der Waals surface area contributed by atoms with E-state index in [0.29, 0.717) is 22.3 Å². The van der Waals surface area contributed by atoms with Crippen molar-refractivity contribution in [3.63, 3.8) is 0 Å². The first kappa shape index (κ1) is 18.8. The number of halogens is 1. The Kier molecular flexibility index (Phi) is 6.83. The average molecular weight is 361 g/mol. The molecule has 2 aromatic carbocycles. The number of rotatable bonds is 7. The number of amides is 1. The topological polar surface area (TPSA) is 70.9 Å². The second-order valence-corrected chi connectivity index (χ2v) is 6.10. The van der Waals surface area contributed by atoms with Gasteiger partial charge in [0.2, 0.25) is 0 Å². The fourth-order valence-corrected chi connectivity index (χ4v) is 2.29. The van der Waals surface area contributed by atoms with Crippen molar-refractivity contribution in [3.05, 3.63) is 58.6 Å². The molecule has 0 aliphatic rings. The van der Waals surface area contributed by atoms with Crippen molar-refractivity contribution < 1.29 is 14.6 Å². The van der Waals surface area contributed by atoms with Crippen LogP contribution in [0.4, 0.5) is 0 Å². The van der Waals surface area contributed by atoms with Crippen LogP contribution in [0.3, 0.4) is 0 Å². The number of hydrogen-bond donors (Lipinski definition) is 2. The van der Waals surface area contributed by atoms with E-state index in [0.717, 1.165) is 6.42 Å². The number of phenolic OH excluding ortho intramolecular Hbond substituents is 1. The van der Waals surface area contributed by atoms with Crippen LogP contribution >= 0.6 is 11.6 Å². The van der Waals surface area contributed by atoms with Crippen molar-refractivity contribution in [1.82, 2.24) is 5.43 Å². The van der Waals surface area contributed by atoms with Crippen LogP contribution in [0.25, 0.3) is 0 Å². The molecule has 6 heteroatoms. The Bertz CT molecular complexity index is 745. The molecule has 0 aliphatic carbocycles. The van der Waals surface area contributed by atoms with E-state index in [1.807, 2.05) is 24.3 Å². The zero-order valence-electron chi connectivity index (χ0n) is 14.2. The summed E-state index contributed by atoms with van der Waals surface area (Å²) >= 11 is 5.84. The van der Waals surface area contributed by atoms with Gasteiger partial charge in [-0.05, 0) is 48.2 Å². The summed E-state index contributed by atoms with van der Waals surface area (Å²) in [6.45, 7) is 4.16. The second-order valence-electron chi connectivity index (χ2n) is 5.66. The smallest absolute Gasteiger partial charge is 0.277 e. The fourth-order valence-electron chi connectivity index (χ4n) is 2.11. The van der Waals surface area contributed by atoms with Gasteiger partial charge in [0.15, 0.2) is 6.61 Å². The highest BCUT2D eigenvalue weighted by molar-refractivity contribution is 6.30. The number of phenols is 1. The molecular formula is C19H21ClN2O3. The van der Waals surface area contributed by atoms with Crippen molar-refractivity contribution in [1.29, 1.82) is 0 Å². The van der Waals surface area contributed by atoms with E-state index in [2.05, 4.69) is 24.4 Å². The number of benzene rings is 2. The lowest BCUT2D eigenvalue weighted by Gasteiger charge is -2.10. The monoisotopic (exact) mass is 360 g/mol. The molecule has 0 saturated carbocycles. The molecule has 2 rings (SSSR count). The van der Waals surface area contributed by atoms with E-state index in [1.54, 1.807) is 12.1 Å². The lowest BCUT2D eigenvalue weighted by molar-refractivity contribution is -0.123. The highest BCUT2D eigenvalue weighted by atomic mass is 35.5. The molecular weight excluding hydrogens is 340 g/mol. The van der Waals surface area contributed by atoms with Crippen LogP contribution in [-0.4, -0.2) is 23.8 Å². The van der Waals surface area contributed by atoms with Crippen LogP contribution in [0.5, 0.6) is 11.5 Å². The number of hydrogen-bond acceptors (Lipinski definition) is 4. The summed E-state index contributed by atoms with van der Waals surface area (Å²) in [5.74, 6) is 0.747. The molecule has 0 saturated heterocycles. The molecule has 25 heavy (non-hydrogen) atoms. The Hall–Kier alpha value is -2.53. The number of nitrogens with zero attached hydrogens (tertiary/aromatic N) is 1. The molecule has 5 nitrogen and oxygen atoms in total. The molecule has 0 spiro atoms. The Morgan fingerprint density at radius 2 is 2.04 bits per heavy atom. The lowest BCUT2D eigenvalue weighted by atomic mass is 9.99. The predicted octanol–water partition coefficient (Wildman–Crippen LogP) is 4.09. The molecule has 0 aromatic heterocycles. The minimum absolute atomic E-state index is 0.0278. The van der Waals surface area contributed by atoms with Crippen molar-refractivity contribution in [3.8, 4) is 11.5 Å². The lowest BCUT2D eigenvalue weighted by Crippen LogP contribution is -2.24. The highest BCUT2D eigenvalue weighted by Gasteiger charge is 2.05. The normalized spacial score (nSPS) is 12.1. The minimum Gasteiger partial charge on any atom is -0.507 e. The van der Waals surface area contributed by atoms with E-state index < -0.39 is 5.91 Å². The summed E-state index contributed by atoms with van der Waals surface area (Å²) in [4.78, 5) is 11.7. The van der Waals surface area contributed by atoms with Crippen molar-refractivity contribution >= 4 is 23.7 Å². The third-order valence-corrected chi connectivity index (χ3v) is 4.05. The van der Waals surface area contributed by atoms with Crippen LogP contribution in [0.2, 0.25) is 5.02 Å². The average Bonchev–Trinajstić information content (AvgIpc) is 2.62. The van der Waals surface area contributed by atoms with Crippen molar-refractivity contribution in [2.24, 2.45) is 5.10 Å². The summed E-state index contributed by atoms with van der Waals surface area (Å²) < 4.78 is 5.43. The second kappa shape index (κ2) is 9.08. The van der Waals surface area contributed by atoms with Gasteiger partial charge in [0, 0.05) is 10.6 Å². The maximum atomic E-state index is 11.7. The van der Waals surface area contributed by atoms with E-state index >= 15 is 0 Å². The molecule has 132 valence electrons. The zero-order chi connectivity index (χ0) is 18.2. The minimum atomic E-state index is -0.399. The number of aromatic hydroxyl groups is 1. The van der Waals surface area contributed by atoms with Crippen molar-refractivity contribution in [2.75, 3.05) is 6.61 Å². The van der Waals surface area contributed by atoms with Gasteiger partial charge in [0.05, 0.1) is 6.21 Å². The summed E-state index contributed by atoms with van der Waals surface area (Å²) in [6, 6.07) is 12.3. The van der Waals surface area contributed by atoms with Crippen LogP contribution in [0.1, 0.15) is 37.3 Å². The molecule has 0 heterocycles. The Labute approximate surface area is 152 Å². The van der Waals surface area contributed by atoms with E-state index in [9.17, 15) is 9.90 Å². The van der Waals surface area contributed by atoms with Crippen molar-refractivity contribution in [2.45, 2.75) is 26.2 Å². The van der Waals surface area contributed by atoms with Gasteiger partial charge in [-0.25, -0.2) is 5.43 Å². The van der Waals surface area contributed by atoms with Crippen LogP contribution in [-0.2, 0) is 4.79 Å². The number of ether oxygens (including phenoxy) is 1. The molecule has 0 bridgehead atoms. The molecule has 2 aromatic rings. The summed E-state index contributed by atoms with van der Waals surface area (Å²) in [6.07, 6.45) is 2.39. The van der Waals surface area contributed by atoms with Crippen LogP contribution in [0, 0.1) is 0 Å². The van der Waals surface area contributed by atoms with Crippen LogP contribution < -0.4 is 10.2 Å². The molecule has 1 unspecified atom stereocenters. The Morgan fingerprint density at radius 3 is 2.72 bits per heavy atom. The third-order valence-electron chi connectivity index (χ3n) is 3.81. The van der Waals surface area contributed by atoms with E-state index in [-0.39, 0.29) is 12.4 Å². The number of hydrazone groups is 1. The van der Waals surface area contributed by atoms with E-state index in [1.165, 1.54) is 17.8 Å². The third kappa shape index (κ3) is 5.80. The van der Waals surface area contributed by atoms with Gasteiger partial charge in [-0.1, -0.05) is 37.6 Å². The zero-order valence-corrected chi connectivity index (χ0v) is 15.0. The maximum absolute atomic E-state index is 11.7. The summed E-state index contributed by atoms with van der Waals surface area (Å²) in [5.41, 5.74) is 3.99. The first-order chi connectivity index (χ1) is 12.0. The van der Waals surface area contributed by atoms with Crippen LogP contribution in [0.15, 0.2) is 47.6 Å². The van der Waals surface area contributed by atoms with E-state index in [4.69, 9.17) is 16.3 Å². The van der Waals surface area contributed by atoms with Gasteiger partial charge >= 0.3 is 0 Å². The number of carbonyl (C=O) groups excluding carboxylic acids is 1. The maximum Gasteiger partial charge on any atom is 0.277 e. The van der Waals surface area contributed by atoms with Gasteiger partial charge in [0.1, 0.15) is 11.5 Å². The van der Waals surface area contributed by atoms with Gasteiger partial charge < -0.3 is 9.84 Å². The molecule has 1 atom stereocenters. The SMILES string of the molecule is CCC(C)c1ccc(OCC(=O)N/N=C\c2cc(Cl)ccc2O)cc1. The standard InChI is InChI=1S/C19H21ClN2O3/c1-3-13(2)14-4-7-17(8-5-14)25-12-19(24)22-21-11-15-10-16(20)6-9-18(15)23/h4-11,13,23H,3,12H2,1-2H3,(H,22,24)/b21-11-. The van der Waals surface area contributed by atoms with Gasteiger partial charge in [0.25, 0.3) is 5.91 Å². The number of carbonyl (C=O) groups is 1. The Morgan fingerprint density at radius 1 is 1.32 bits per heavy atom. The molecule has 0 radical (unpaired) electrons. The molecule has 0 fully saturated rings. The summed E-state index contributed by atoms with van der Waals surface area (Å²) in [5, 5.41) is 13.9. The largest absolute Gasteiger partial charge is 0.507 e. The fraction of sp³-hybridized carbons (Fsp3) is 0.263. The highest BCUT2D eigenvalue weighted by Crippen LogP contribution is 2.21. The first-order valence-electron chi connectivity index (χ1n) is 8.02. The number of nitrogens with one attached hydrogen (secondary N) is 1. The van der Waals surface area contributed by atoms with Gasteiger partial charge in [-0.3, -0.25) is 4.79 Å². The molecule has 0 aliphatic heterocycles. The molecule has 1 amide bonds. The quantitative estimate of drug-likeness (QED) is 0.577. The first-order valence-corrected chi connectivity index (χ1v) is 8.40. The Balaban J connectivity index is 1.82. The predicted molar refractivity (Wildman–Crippen MR) is 99.5 cm³/mol. The van der Waals surface area contributed by atoms with Gasteiger partial charge in [-0.2, -0.15) is 5.10 Å². The summed E-state index contributed by atoms with van der Waals surface area (Å²) in [7, 11) is 0.